The van der Waals surface area contributed by atoms with Gasteiger partial charge in [0.1, 0.15) is 5.82 Å². The Hall–Kier alpha value is -1.58. The molecule has 2 N–H and O–H groups in total. The summed E-state index contributed by atoms with van der Waals surface area (Å²) >= 11 is 0. The average molecular weight is 211 g/mol. The van der Waals surface area contributed by atoms with Crippen molar-refractivity contribution in [2.45, 2.75) is 20.3 Å². The summed E-state index contributed by atoms with van der Waals surface area (Å²) < 4.78 is 13.4. The molecule has 0 aromatic heterocycles. The van der Waals surface area contributed by atoms with Crippen molar-refractivity contribution in [1.29, 1.82) is 0 Å². The number of nitrogens with one attached hydrogen (secondary N) is 1. The van der Waals surface area contributed by atoms with E-state index in [9.17, 15) is 9.18 Å². The summed E-state index contributed by atoms with van der Waals surface area (Å²) in [6.45, 7) is 4.33. The van der Waals surface area contributed by atoms with Crippen LogP contribution in [0, 0.1) is 12.7 Å². The van der Waals surface area contributed by atoms with Crippen LogP contribution < -0.4 is 5.32 Å². The van der Waals surface area contributed by atoms with E-state index in [1.807, 2.05) is 6.92 Å². The van der Waals surface area contributed by atoms with Crippen LogP contribution in [0.3, 0.4) is 0 Å². The molecule has 1 aromatic rings. The summed E-state index contributed by atoms with van der Waals surface area (Å²) in [5, 5.41) is 11.8. The number of carbonyl (C=O) groups is 1. The first-order valence-corrected chi connectivity index (χ1v) is 4.83. The van der Waals surface area contributed by atoms with Crippen LogP contribution in [0.2, 0.25) is 0 Å². The van der Waals surface area contributed by atoms with Gasteiger partial charge in [-0.15, -0.1) is 0 Å². The van der Waals surface area contributed by atoms with Crippen LogP contribution in [0.15, 0.2) is 12.1 Å². The highest BCUT2D eigenvalue weighted by Gasteiger charge is 2.14. The highest BCUT2D eigenvalue weighted by molar-refractivity contribution is 5.90. The molecule has 0 atom stereocenters. The Morgan fingerprint density at radius 1 is 1.53 bits per heavy atom. The number of hydrogen-bond acceptors (Lipinski definition) is 2. The van der Waals surface area contributed by atoms with Crippen molar-refractivity contribution in [2.24, 2.45) is 0 Å². The van der Waals surface area contributed by atoms with Gasteiger partial charge in [0.2, 0.25) is 0 Å². The zero-order valence-electron chi connectivity index (χ0n) is 8.80. The second-order valence-electron chi connectivity index (χ2n) is 3.38. The Bertz CT molecular complexity index is 354. The molecule has 1 rings (SSSR count). The van der Waals surface area contributed by atoms with Crippen LogP contribution in [0.5, 0.6) is 0 Å². The lowest BCUT2D eigenvalue weighted by molar-refractivity contribution is 0.0691. The van der Waals surface area contributed by atoms with Crippen molar-refractivity contribution in [1.82, 2.24) is 0 Å². The summed E-state index contributed by atoms with van der Waals surface area (Å²) in [6, 6.07) is 2.86. The zero-order valence-corrected chi connectivity index (χ0v) is 8.80. The number of anilines is 1. The second-order valence-corrected chi connectivity index (χ2v) is 3.38. The van der Waals surface area contributed by atoms with Crippen molar-refractivity contribution < 1.29 is 14.3 Å². The van der Waals surface area contributed by atoms with Crippen molar-refractivity contribution in [2.75, 3.05) is 11.9 Å². The van der Waals surface area contributed by atoms with E-state index in [1.165, 1.54) is 6.07 Å². The Morgan fingerprint density at radius 2 is 2.20 bits per heavy atom. The molecule has 0 bridgehead atoms. The normalized spacial score (nSPS) is 10.1. The molecule has 4 heteroatoms. The highest BCUT2D eigenvalue weighted by atomic mass is 19.1. The van der Waals surface area contributed by atoms with Crippen LogP contribution in [0.25, 0.3) is 0 Å². The predicted octanol–water partition coefficient (Wildman–Crippen LogP) is 2.65. The number of rotatable bonds is 4. The van der Waals surface area contributed by atoms with Crippen molar-refractivity contribution in [3.8, 4) is 0 Å². The largest absolute Gasteiger partial charge is 0.478 e. The molecular weight excluding hydrogens is 197 g/mol. The minimum absolute atomic E-state index is 0.253. The van der Waals surface area contributed by atoms with E-state index in [1.54, 1.807) is 13.0 Å². The first-order chi connectivity index (χ1) is 7.06. The van der Waals surface area contributed by atoms with E-state index in [0.717, 1.165) is 13.0 Å². The molecule has 0 heterocycles. The molecule has 0 radical (unpaired) electrons. The van der Waals surface area contributed by atoms with Crippen molar-refractivity contribution in [3.63, 3.8) is 0 Å². The van der Waals surface area contributed by atoms with E-state index in [0.29, 0.717) is 11.3 Å². The standard InChI is InChI=1S/C11H14FNO2/c1-3-4-13-8-5-7(2)10(11(14)15)9(12)6-8/h5-6,13H,3-4H2,1-2H3,(H,14,15). The fourth-order valence-electron chi connectivity index (χ4n) is 1.39. The molecule has 0 aliphatic rings. The highest BCUT2D eigenvalue weighted by Crippen LogP contribution is 2.19. The topological polar surface area (TPSA) is 49.3 Å². The molecule has 0 saturated heterocycles. The number of aromatic carboxylic acids is 1. The molecule has 1 aromatic carbocycles. The third-order valence-electron chi connectivity index (χ3n) is 2.08. The van der Waals surface area contributed by atoms with Crippen LogP contribution in [-0.4, -0.2) is 17.6 Å². The van der Waals surface area contributed by atoms with E-state index in [-0.39, 0.29) is 5.56 Å². The van der Waals surface area contributed by atoms with E-state index in [2.05, 4.69) is 5.32 Å². The zero-order chi connectivity index (χ0) is 11.4. The molecule has 0 saturated carbocycles. The summed E-state index contributed by atoms with van der Waals surface area (Å²) in [5.74, 6) is -1.92. The van der Waals surface area contributed by atoms with E-state index in [4.69, 9.17) is 5.11 Å². The number of hydrogen-bond donors (Lipinski definition) is 2. The molecule has 0 amide bonds. The van der Waals surface area contributed by atoms with Crippen LogP contribution in [0.4, 0.5) is 10.1 Å². The van der Waals surface area contributed by atoms with Crippen LogP contribution in [0.1, 0.15) is 29.3 Å². The Balaban J connectivity index is 3.03. The summed E-state index contributed by atoms with van der Waals surface area (Å²) in [5.41, 5.74) is 0.801. The van der Waals surface area contributed by atoms with Gasteiger partial charge in [-0.25, -0.2) is 9.18 Å². The number of benzene rings is 1. The van der Waals surface area contributed by atoms with Gasteiger partial charge in [-0.2, -0.15) is 0 Å². The van der Waals surface area contributed by atoms with Crippen LogP contribution >= 0.6 is 0 Å². The van der Waals surface area contributed by atoms with Gasteiger partial charge in [-0.05, 0) is 31.0 Å². The lowest BCUT2D eigenvalue weighted by Gasteiger charge is -2.08. The molecule has 0 fully saturated rings. The third-order valence-corrected chi connectivity index (χ3v) is 2.08. The van der Waals surface area contributed by atoms with E-state index < -0.39 is 11.8 Å². The van der Waals surface area contributed by atoms with Gasteiger partial charge >= 0.3 is 5.97 Å². The van der Waals surface area contributed by atoms with Crippen LogP contribution in [-0.2, 0) is 0 Å². The van der Waals surface area contributed by atoms with Gasteiger partial charge in [0.25, 0.3) is 0 Å². The Kier molecular flexibility index (Phi) is 3.66. The van der Waals surface area contributed by atoms with Gasteiger partial charge in [-0.1, -0.05) is 6.92 Å². The average Bonchev–Trinajstić information content (AvgIpc) is 2.12. The second kappa shape index (κ2) is 4.77. The molecule has 82 valence electrons. The first-order valence-electron chi connectivity index (χ1n) is 4.83. The lowest BCUT2D eigenvalue weighted by atomic mass is 10.1. The number of carboxylic acid groups (broad SMARTS) is 1. The third kappa shape index (κ3) is 2.68. The molecule has 0 spiro atoms. The molecule has 15 heavy (non-hydrogen) atoms. The molecule has 3 nitrogen and oxygen atoms in total. The maximum Gasteiger partial charge on any atom is 0.338 e. The monoisotopic (exact) mass is 211 g/mol. The van der Waals surface area contributed by atoms with Gasteiger partial charge in [0, 0.05) is 12.2 Å². The SMILES string of the molecule is CCCNc1cc(C)c(C(=O)O)c(F)c1. The molecule has 0 unspecified atom stereocenters. The van der Waals surface area contributed by atoms with Crippen molar-refractivity contribution >= 4 is 11.7 Å². The fourth-order valence-corrected chi connectivity index (χ4v) is 1.39. The predicted molar refractivity (Wildman–Crippen MR) is 56.9 cm³/mol. The fraction of sp³-hybridized carbons (Fsp3) is 0.364. The summed E-state index contributed by atoms with van der Waals surface area (Å²) in [4.78, 5) is 10.7. The molecule has 0 aliphatic carbocycles. The van der Waals surface area contributed by atoms with Gasteiger partial charge in [-0.3, -0.25) is 0 Å². The van der Waals surface area contributed by atoms with Gasteiger partial charge < -0.3 is 10.4 Å². The van der Waals surface area contributed by atoms with Gasteiger partial charge in [0.15, 0.2) is 0 Å². The minimum atomic E-state index is -1.23. The number of halogens is 1. The summed E-state index contributed by atoms with van der Waals surface area (Å²) in [6.07, 6.45) is 0.932. The lowest BCUT2D eigenvalue weighted by Crippen LogP contribution is -2.06. The number of aryl methyl sites for hydroxylation is 1. The van der Waals surface area contributed by atoms with E-state index >= 15 is 0 Å². The molecular formula is C11H14FNO2. The summed E-state index contributed by atoms with van der Waals surface area (Å²) in [7, 11) is 0. The maximum atomic E-state index is 13.4. The first kappa shape index (κ1) is 11.5. The minimum Gasteiger partial charge on any atom is -0.478 e. The number of carboxylic acids is 1. The Labute approximate surface area is 87.9 Å². The molecule has 0 aliphatic heterocycles. The van der Waals surface area contributed by atoms with Crippen molar-refractivity contribution in [3.05, 3.63) is 29.1 Å². The van der Waals surface area contributed by atoms with Gasteiger partial charge in [0.05, 0.1) is 5.56 Å². The Morgan fingerprint density at radius 3 is 2.67 bits per heavy atom. The quantitative estimate of drug-likeness (QED) is 0.804. The smallest absolute Gasteiger partial charge is 0.338 e. The maximum absolute atomic E-state index is 13.4.